The van der Waals surface area contributed by atoms with Crippen molar-refractivity contribution in [1.29, 1.82) is 5.26 Å². The van der Waals surface area contributed by atoms with Gasteiger partial charge >= 0.3 is 0 Å². The van der Waals surface area contributed by atoms with Crippen LogP contribution in [0, 0.1) is 18.3 Å². The summed E-state index contributed by atoms with van der Waals surface area (Å²) in [5.41, 5.74) is 2.05. The Kier molecular flexibility index (Phi) is 3.43. The van der Waals surface area contributed by atoms with Gasteiger partial charge in [-0.3, -0.25) is 4.79 Å². The first-order valence-electron chi connectivity index (χ1n) is 4.24. The molecule has 1 atom stereocenters. The van der Waals surface area contributed by atoms with E-state index in [9.17, 15) is 4.79 Å². The number of benzene rings is 1. The number of hydrogen-bond acceptors (Lipinski definition) is 2. The number of ketones is 1. The maximum atomic E-state index is 11.6. The minimum absolute atomic E-state index is 0.00481. The first-order valence-corrected chi connectivity index (χ1v) is 5.16. The largest absolute Gasteiger partial charge is 0.293 e. The molecule has 14 heavy (non-hydrogen) atoms. The number of aryl methyl sites for hydroxylation is 1. The predicted molar refractivity (Wildman–Crippen MR) is 58.6 cm³/mol. The second kappa shape index (κ2) is 4.39. The van der Waals surface area contributed by atoms with Gasteiger partial charge in [0.15, 0.2) is 5.78 Å². The number of halogens is 1. The zero-order chi connectivity index (χ0) is 10.7. The summed E-state index contributed by atoms with van der Waals surface area (Å²) in [4.78, 5) is 11.4. The molecule has 1 aromatic carbocycles. The van der Waals surface area contributed by atoms with Crippen molar-refractivity contribution in [1.82, 2.24) is 0 Å². The number of nitrogens with zero attached hydrogens (tertiary/aromatic N) is 1. The number of alkyl halides is 1. The van der Waals surface area contributed by atoms with E-state index in [1.54, 1.807) is 25.1 Å². The molecular weight excluding hydrogens is 242 g/mol. The lowest BCUT2D eigenvalue weighted by Crippen LogP contribution is -2.10. The smallest absolute Gasteiger partial charge is 0.176 e. The molecule has 1 aromatic rings. The third-order valence-electron chi connectivity index (χ3n) is 1.85. The average molecular weight is 252 g/mol. The van der Waals surface area contributed by atoms with Gasteiger partial charge in [0, 0.05) is 5.56 Å². The summed E-state index contributed by atoms with van der Waals surface area (Å²) in [6.45, 7) is 3.65. The number of nitriles is 1. The van der Waals surface area contributed by atoms with Gasteiger partial charge in [0.2, 0.25) is 0 Å². The van der Waals surface area contributed by atoms with Crippen LogP contribution in [0.1, 0.15) is 28.4 Å². The lowest BCUT2D eigenvalue weighted by atomic mass is 10.0. The molecule has 72 valence electrons. The summed E-state index contributed by atoms with van der Waals surface area (Å²) in [5.74, 6) is 0.00481. The number of Topliss-reactive ketones (excluding diaryl/α,β-unsaturated/α-hetero) is 1. The third kappa shape index (κ3) is 2.43. The van der Waals surface area contributed by atoms with Crippen molar-refractivity contribution < 1.29 is 4.79 Å². The van der Waals surface area contributed by atoms with E-state index in [0.717, 1.165) is 5.56 Å². The minimum atomic E-state index is -0.212. The Labute approximate surface area is 91.7 Å². The van der Waals surface area contributed by atoms with Crippen LogP contribution in [0.4, 0.5) is 0 Å². The highest BCUT2D eigenvalue weighted by molar-refractivity contribution is 9.10. The van der Waals surface area contributed by atoms with Gasteiger partial charge in [-0.25, -0.2) is 0 Å². The fourth-order valence-electron chi connectivity index (χ4n) is 1.22. The molecule has 0 spiro atoms. The number of rotatable bonds is 2. The highest BCUT2D eigenvalue weighted by atomic mass is 79.9. The van der Waals surface area contributed by atoms with Gasteiger partial charge < -0.3 is 0 Å². The zero-order valence-corrected chi connectivity index (χ0v) is 9.63. The first-order chi connectivity index (χ1) is 6.54. The molecule has 0 N–H and O–H groups in total. The average Bonchev–Trinajstić information content (AvgIpc) is 2.15. The van der Waals surface area contributed by atoms with Gasteiger partial charge in [0.05, 0.1) is 16.5 Å². The van der Waals surface area contributed by atoms with Gasteiger partial charge in [0.1, 0.15) is 0 Å². The van der Waals surface area contributed by atoms with E-state index in [0.29, 0.717) is 11.1 Å². The summed E-state index contributed by atoms with van der Waals surface area (Å²) in [7, 11) is 0. The standard InChI is InChI=1S/C11H10BrNO/c1-7-3-9(6-13)5-10(4-7)11(14)8(2)12/h3-5,8H,1-2H3. The number of carbonyl (C=O) groups is 1. The quantitative estimate of drug-likeness (QED) is 0.599. The van der Waals surface area contributed by atoms with Crippen LogP contribution in [0.5, 0.6) is 0 Å². The van der Waals surface area contributed by atoms with Crippen LogP contribution in [-0.2, 0) is 0 Å². The highest BCUT2D eigenvalue weighted by Crippen LogP contribution is 2.14. The summed E-state index contributed by atoms with van der Waals surface area (Å²) in [6.07, 6.45) is 0. The van der Waals surface area contributed by atoms with E-state index in [1.807, 2.05) is 13.0 Å². The van der Waals surface area contributed by atoms with Crippen LogP contribution in [0.15, 0.2) is 18.2 Å². The van der Waals surface area contributed by atoms with Gasteiger partial charge in [-0.15, -0.1) is 0 Å². The first kappa shape index (κ1) is 10.9. The van der Waals surface area contributed by atoms with E-state index >= 15 is 0 Å². The Morgan fingerprint density at radius 3 is 2.64 bits per heavy atom. The Hall–Kier alpha value is -1.14. The topological polar surface area (TPSA) is 40.9 Å². The van der Waals surface area contributed by atoms with Crippen LogP contribution in [0.3, 0.4) is 0 Å². The molecule has 0 aromatic heterocycles. The van der Waals surface area contributed by atoms with Crippen molar-refractivity contribution in [3.8, 4) is 6.07 Å². The number of hydrogen-bond donors (Lipinski definition) is 0. The molecule has 0 saturated carbocycles. The predicted octanol–water partition coefficient (Wildman–Crippen LogP) is 2.83. The molecular formula is C11H10BrNO. The Bertz CT molecular complexity index is 404. The van der Waals surface area contributed by atoms with Crippen molar-refractivity contribution >= 4 is 21.7 Å². The van der Waals surface area contributed by atoms with E-state index in [4.69, 9.17) is 5.26 Å². The van der Waals surface area contributed by atoms with Crippen molar-refractivity contribution in [2.24, 2.45) is 0 Å². The van der Waals surface area contributed by atoms with Gasteiger partial charge in [-0.1, -0.05) is 15.9 Å². The molecule has 0 aliphatic carbocycles. The summed E-state index contributed by atoms with van der Waals surface area (Å²) in [5, 5.41) is 8.73. The normalized spacial score (nSPS) is 11.9. The molecule has 0 aliphatic heterocycles. The molecule has 0 amide bonds. The van der Waals surface area contributed by atoms with E-state index in [1.165, 1.54) is 0 Å². The minimum Gasteiger partial charge on any atom is -0.293 e. The van der Waals surface area contributed by atoms with E-state index in [2.05, 4.69) is 15.9 Å². The van der Waals surface area contributed by atoms with E-state index in [-0.39, 0.29) is 10.6 Å². The van der Waals surface area contributed by atoms with Crippen LogP contribution >= 0.6 is 15.9 Å². The molecule has 0 aliphatic rings. The molecule has 2 nitrogen and oxygen atoms in total. The third-order valence-corrected chi connectivity index (χ3v) is 2.27. The maximum Gasteiger partial charge on any atom is 0.176 e. The van der Waals surface area contributed by atoms with Crippen LogP contribution < -0.4 is 0 Å². The van der Waals surface area contributed by atoms with Gasteiger partial charge in [-0.05, 0) is 37.6 Å². The highest BCUT2D eigenvalue weighted by Gasteiger charge is 2.12. The Morgan fingerprint density at radius 1 is 1.50 bits per heavy atom. The Balaban J connectivity index is 3.17. The molecule has 3 heteroatoms. The lowest BCUT2D eigenvalue weighted by molar-refractivity contribution is 0.0995. The molecule has 1 unspecified atom stereocenters. The monoisotopic (exact) mass is 251 g/mol. The second-order valence-corrected chi connectivity index (χ2v) is 4.55. The molecule has 1 rings (SSSR count). The SMILES string of the molecule is Cc1cc(C#N)cc(C(=O)C(C)Br)c1. The zero-order valence-electron chi connectivity index (χ0n) is 8.04. The molecule has 0 radical (unpaired) electrons. The summed E-state index contributed by atoms with van der Waals surface area (Å²) < 4.78 is 0. The van der Waals surface area contributed by atoms with Crippen molar-refractivity contribution in [2.75, 3.05) is 0 Å². The second-order valence-electron chi connectivity index (χ2n) is 3.18. The number of carbonyl (C=O) groups excluding carboxylic acids is 1. The molecule has 0 bridgehead atoms. The van der Waals surface area contributed by atoms with Crippen LogP contribution in [0.2, 0.25) is 0 Å². The van der Waals surface area contributed by atoms with Crippen molar-refractivity contribution in [3.05, 3.63) is 34.9 Å². The fraction of sp³-hybridized carbons (Fsp3) is 0.273. The van der Waals surface area contributed by atoms with Crippen LogP contribution in [-0.4, -0.2) is 10.6 Å². The lowest BCUT2D eigenvalue weighted by Gasteiger charge is -2.04. The van der Waals surface area contributed by atoms with Crippen molar-refractivity contribution in [2.45, 2.75) is 18.7 Å². The van der Waals surface area contributed by atoms with Crippen molar-refractivity contribution in [3.63, 3.8) is 0 Å². The Morgan fingerprint density at radius 2 is 2.14 bits per heavy atom. The fourth-order valence-corrected chi connectivity index (χ4v) is 1.48. The van der Waals surface area contributed by atoms with Crippen LogP contribution in [0.25, 0.3) is 0 Å². The summed E-state index contributed by atoms with van der Waals surface area (Å²) in [6, 6.07) is 7.20. The molecule has 0 saturated heterocycles. The molecule has 0 fully saturated rings. The van der Waals surface area contributed by atoms with Gasteiger partial charge in [-0.2, -0.15) is 5.26 Å². The summed E-state index contributed by atoms with van der Waals surface area (Å²) >= 11 is 3.22. The van der Waals surface area contributed by atoms with E-state index < -0.39 is 0 Å². The molecule has 0 heterocycles. The van der Waals surface area contributed by atoms with Gasteiger partial charge in [0.25, 0.3) is 0 Å². The maximum absolute atomic E-state index is 11.6.